The number of carbonyl (C=O) groups is 1. The van der Waals surface area contributed by atoms with Crippen molar-refractivity contribution in [2.24, 2.45) is 0 Å². The molecule has 4 nitrogen and oxygen atoms in total. The molecule has 22 heavy (non-hydrogen) atoms. The summed E-state index contributed by atoms with van der Waals surface area (Å²) in [5.74, 6) is 0.679. The Hall–Kier alpha value is -2.33. The van der Waals surface area contributed by atoms with E-state index < -0.39 is 6.10 Å². The van der Waals surface area contributed by atoms with Gasteiger partial charge in [-0.15, -0.1) is 0 Å². The Balaban J connectivity index is 1.64. The van der Waals surface area contributed by atoms with Gasteiger partial charge in [0.05, 0.1) is 12.7 Å². The van der Waals surface area contributed by atoms with Gasteiger partial charge in [-0.05, 0) is 41.8 Å². The minimum atomic E-state index is -0.706. The van der Waals surface area contributed by atoms with Crippen LogP contribution in [-0.4, -0.2) is 24.2 Å². The second-order valence-electron chi connectivity index (χ2n) is 5.50. The van der Waals surface area contributed by atoms with Crippen molar-refractivity contribution in [1.82, 2.24) is 5.32 Å². The maximum atomic E-state index is 12.2. The van der Waals surface area contributed by atoms with Gasteiger partial charge in [-0.2, -0.15) is 0 Å². The van der Waals surface area contributed by atoms with Gasteiger partial charge in [0.15, 0.2) is 0 Å². The molecule has 1 aliphatic heterocycles. The predicted molar refractivity (Wildman–Crippen MR) is 84.1 cm³/mol. The fourth-order valence-electron chi connectivity index (χ4n) is 2.69. The van der Waals surface area contributed by atoms with E-state index in [2.05, 4.69) is 5.32 Å². The number of aliphatic hydroxyl groups is 1. The summed E-state index contributed by atoms with van der Waals surface area (Å²) in [6, 6.07) is 13.1. The summed E-state index contributed by atoms with van der Waals surface area (Å²) in [6.07, 6.45) is 0.130. The topological polar surface area (TPSA) is 58.6 Å². The van der Waals surface area contributed by atoms with E-state index in [0.29, 0.717) is 12.2 Å². The van der Waals surface area contributed by atoms with Crippen LogP contribution in [-0.2, 0) is 6.42 Å². The summed E-state index contributed by atoms with van der Waals surface area (Å²) < 4.78 is 5.43. The molecule has 1 atom stereocenters. The molecule has 1 aliphatic rings. The number of rotatable bonds is 4. The Morgan fingerprint density at radius 3 is 2.95 bits per heavy atom. The van der Waals surface area contributed by atoms with Crippen LogP contribution >= 0.6 is 0 Å². The fraction of sp³-hybridized carbons (Fsp3) is 0.278. The number of hydrogen-bond acceptors (Lipinski definition) is 3. The zero-order valence-corrected chi connectivity index (χ0v) is 12.5. The Bertz CT molecular complexity index is 696. The van der Waals surface area contributed by atoms with Gasteiger partial charge in [0.25, 0.3) is 5.91 Å². The molecule has 4 heteroatoms. The third-order valence-corrected chi connectivity index (χ3v) is 3.96. The number of nitrogens with one attached hydrogen (secondary N) is 1. The molecule has 1 heterocycles. The van der Waals surface area contributed by atoms with Crippen molar-refractivity contribution >= 4 is 5.91 Å². The molecule has 0 bridgehead atoms. The van der Waals surface area contributed by atoms with Crippen molar-refractivity contribution in [3.63, 3.8) is 0 Å². The van der Waals surface area contributed by atoms with E-state index in [1.807, 2.05) is 43.3 Å². The van der Waals surface area contributed by atoms with Gasteiger partial charge < -0.3 is 15.2 Å². The van der Waals surface area contributed by atoms with Gasteiger partial charge in [0, 0.05) is 18.5 Å². The maximum Gasteiger partial charge on any atom is 0.251 e. The minimum absolute atomic E-state index is 0.178. The van der Waals surface area contributed by atoms with Crippen LogP contribution < -0.4 is 10.1 Å². The van der Waals surface area contributed by atoms with Crippen molar-refractivity contribution in [2.75, 3.05) is 13.2 Å². The Morgan fingerprint density at radius 2 is 2.14 bits per heavy atom. The molecular formula is C18H19NO3. The Kier molecular flexibility index (Phi) is 4.11. The van der Waals surface area contributed by atoms with Gasteiger partial charge in [0.1, 0.15) is 5.75 Å². The van der Waals surface area contributed by atoms with Crippen molar-refractivity contribution in [3.8, 4) is 5.75 Å². The van der Waals surface area contributed by atoms with Gasteiger partial charge in [-0.1, -0.05) is 24.3 Å². The molecular weight excluding hydrogens is 278 g/mol. The van der Waals surface area contributed by atoms with E-state index in [1.54, 1.807) is 6.07 Å². The van der Waals surface area contributed by atoms with E-state index in [9.17, 15) is 9.90 Å². The number of carbonyl (C=O) groups excluding carboxylic acids is 1. The highest BCUT2D eigenvalue weighted by Gasteiger charge is 2.16. The molecule has 2 N–H and O–H groups in total. The first-order chi connectivity index (χ1) is 10.6. The monoisotopic (exact) mass is 297 g/mol. The largest absolute Gasteiger partial charge is 0.493 e. The number of amides is 1. The number of ether oxygens (including phenoxy) is 1. The maximum absolute atomic E-state index is 12.2. The van der Waals surface area contributed by atoms with Crippen LogP contribution in [0.5, 0.6) is 5.75 Å². The smallest absolute Gasteiger partial charge is 0.251 e. The first kappa shape index (κ1) is 14.6. The highest BCUT2D eigenvalue weighted by atomic mass is 16.5. The zero-order valence-electron chi connectivity index (χ0n) is 12.5. The number of aryl methyl sites for hydroxylation is 1. The van der Waals surface area contributed by atoms with Gasteiger partial charge in [-0.3, -0.25) is 4.79 Å². The van der Waals surface area contributed by atoms with Crippen LogP contribution in [0.15, 0.2) is 42.5 Å². The van der Waals surface area contributed by atoms with Crippen LogP contribution in [0.4, 0.5) is 0 Å². The fourth-order valence-corrected chi connectivity index (χ4v) is 2.69. The molecule has 1 unspecified atom stereocenters. The van der Waals surface area contributed by atoms with Gasteiger partial charge in [0.2, 0.25) is 0 Å². The molecule has 0 saturated carbocycles. The predicted octanol–water partition coefficient (Wildman–Crippen LogP) is 2.39. The van der Waals surface area contributed by atoms with Crippen LogP contribution in [0.2, 0.25) is 0 Å². The normalized spacial score (nSPS) is 14.1. The summed E-state index contributed by atoms with van der Waals surface area (Å²) >= 11 is 0. The summed E-state index contributed by atoms with van der Waals surface area (Å²) in [4.78, 5) is 12.2. The van der Waals surface area contributed by atoms with Crippen LogP contribution in [0, 0.1) is 6.92 Å². The lowest BCUT2D eigenvalue weighted by atomic mass is 10.0. The summed E-state index contributed by atoms with van der Waals surface area (Å²) in [5.41, 5.74) is 3.51. The highest BCUT2D eigenvalue weighted by Crippen LogP contribution is 2.25. The SMILES string of the molecule is Cc1ccccc1C(O)CNC(=O)c1ccc2c(c1)CCO2. The van der Waals surface area contributed by atoms with Gasteiger partial charge >= 0.3 is 0 Å². The quantitative estimate of drug-likeness (QED) is 0.911. The molecule has 2 aromatic rings. The molecule has 0 aromatic heterocycles. The molecule has 0 saturated heterocycles. The number of hydrogen-bond donors (Lipinski definition) is 2. The minimum Gasteiger partial charge on any atom is -0.493 e. The highest BCUT2D eigenvalue weighted by molar-refractivity contribution is 5.94. The summed E-state index contributed by atoms with van der Waals surface area (Å²) in [7, 11) is 0. The second kappa shape index (κ2) is 6.20. The first-order valence-electron chi connectivity index (χ1n) is 7.42. The molecule has 2 aromatic carbocycles. The summed E-state index contributed by atoms with van der Waals surface area (Å²) in [5, 5.41) is 13.0. The second-order valence-corrected chi connectivity index (χ2v) is 5.50. The third-order valence-electron chi connectivity index (χ3n) is 3.96. The molecule has 0 spiro atoms. The molecule has 3 rings (SSSR count). The number of aliphatic hydroxyl groups excluding tert-OH is 1. The lowest BCUT2D eigenvalue weighted by Gasteiger charge is -2.14. The standard InChI is InChI=1S/C18H19NO3/c1-12-4-2-3-5-15(12)16(20)11-19-18(21)14-6-7-17-13(10-14)8-9-22-17/h2-7,10,16,20H,8-9,11H2,1H3,(H,19,21). The zero-order chi connectivity index (χ0) is 15.5. The molecule has 0 radical (unpaired) electrons. The van der Waals surface area contributed by atoms with Crippen molar-refractivity contribution < 1.29 is 14.6 Å². The van der Waals surface area contributed by atoms with Crippen LogP contribution in [0.3, 0.4) is 0 Å². The van der Waals surface area contributed by atoms with E-state index in [4.69, 9.17) is 4.74 Å². The van der Waals surface area contributed by atoms with E-state index in [-0.39, 0.29) is 12.5 Å². The molecule has 0 aliphatic carbocycles. The molecule has 0 fully saturated rings. The average Bonchev–Trinajstić information content (AvgIpc) is 3.00. The Labute approximate surface area is 129 Å². The lowest BCUT2D eigenvalue weighted by molar-refractivity contribution is 0.0916. The number of fused-ring (bicyclic) bond motifs is 1. The van der Waals surface area contributed by atoms with Crippen molar-refractivity contribution in [2.45, 2.75) is 19.4 Å². The number of benzene rings is 2. The lowest BCUT2D eigenvalue weighted by Crippen LogP contribution is -2.28. The van der Waals surface area contributed by atoms with Crippen molar-refractivity contribution in [3.05, 3.63) is 64.7 Å². The van der Waals surface area contributed by atoms with E-state index >= 15 is 0 Å². The Morgan fingerprint density at radius 1 is 1.32 bits per heavy atom. The van der Waals surface area contributed by atoms with Crippen molar-refractivity contribution in [1.29, 1.82) is 0 Å². The average molecular weight is 297 g/mol. The third kappa shape index (κ3) is 2.97. The van der Waals surface area contributed by atoms with Gasteiger partial charge in [-0.25, -0.2) is 0 Å². The van der Waals surface area contributed by atoms with Crippen LogP contribution in [0.1, 0.15) is 33.2 Å². The van der Waals surface area contributed by atoms with E-state index in [0.717, 1.165) is 28.9 Å². The first-order valence-corrected chi connectivity index (χ1v) is 7.42. The molecule has 114 valence electrons. The van der Waals surface area contributed by atoms with Crippen LogP contribution in [0.25, 0.3) is 0 Å². The van der Waals surface area contributed by atoms with E-state index in [1.165, 1.54) is 0 Å². The molecule has 1 amide bonds. The summed E-state index contributed by atoms with van der Waals surface area (Å²) in [6.45, 7) is 2.81.